The minimum atomic E-state index is -0.236. The number of piperidine rings is 1. The van der Waals surface area contributed by atoms with Crippen molar-refractivity contribution >= 4 is 0 Å². The van der Waals surface area contributed by atoms with E-state index < -0.39 is 0 Å². The van der Waals surface area contributed by atoms with Gasteiger partial charge in [-0.25, -0.2) is 0 Å². The maximum absolute atomic E-state index is 10.4. The van der Waals surface area contributed by atoms with Crippen LogP contribution in [0.1, 0.15) is 46.5 Å². The Balaban J connectivity index is 1.77. The predicted molar refractivity (Wildman–Crippen MR) is 82.0 cm³/mol. The highest BCUT2D eigenvalue weighted by molar-refractivity contribution is 4.81. The van der Waals surface area contributed by atoms with Gasteiger partial charge in [0.25, 0.3) is 0 Å². The summed E-state index contributed by atoms with van der Waals surface area (Å²) in [6.07, 6.45) is 5.47. The Labute approximate surface area is 124 Å². The first-order valence-corrected chi connectivity index (χ1v) is 8.38. The molecule has 4 heteroatoms. The summed E-state index contributed by atoms with van der Waals surface area (Å²) in [5, 5.41) is 10.4. The van der Waals surface area contributed by atoms with Crippen LogP contribution in [0, 0.1) is 0 Å². The van der Waals surface area contributed by atoms with E-state index in [-0.39, 0.29) is 18.3 Å². The molecule has 0 aliphatic carbocycles. The zero-order valence-corrected chi connectivity index (χ0v) is 13.4. The van der Waals surface area contributed by atoms with Crippen LogP contribution in [0.15, 0.2) is 0 Å². The molecule has 0 spiro atoms. The number of ether oxygens (including phenoxy) is 1. The van der Waals surface area contributed by atoms with E-state index in [9.17, 15) is 5.11 Å². The average molecular weight is 284 g/mol. The van der Waals surface area contributed by atoms with Crippen molar-refractivity contribution < 1.29 is 9.84 Å². The van der Waals surface area contributed by atoms with Gasteiger partial charge < -0.3 is 9.84 Å². The van der Waals surface area contributed by atoms with Gasteiger partial charge in [-0.15, -0.1) is 0 Å². The standard InChI is InChI=1S/C16H32N2O2/c1-4-15-7-5-6-8-18(15)12-16(19)11-17-9-13(2)20-14(3)10-17/h13-16,19H,4-12H2,1-3H3. The van der Waals surface area contributed by atoms with E-state index in [1.165, 1.54) is 25.7 Å². The highest BCUT2D eigenvalue weighted by Gasteiger charge is 2.26. The number of aliphatic hydroxyl groups excluding tert-OH is 1. The molecule has 0 aromatic carbocycles. The lowest BCUT2D eigenvalue weighted by Crippen LogP contribution is -2.51. The van der Waals surface area contributed by atoms with E-state index in [2.05, 4.69) is 30.6 Å². The van der Waals surface area contributed by atoms with Gasteiger partial charge in [0.1, 0.15) is 0 Å². The highest BCUT2D eigenvalue weighted by Crippen LogP contribution is 2.20. The van der Waals surface area contributed by atoms with Crippen LogP contribution < -0.4 is 0 Å². The molecule has 20 heavy (non-hydrogen) atoms. The molecule has 0 aromatic rings. The smallest absolute Gasteiger partial charge is 0.0793 e. The van der Waals surface area contributed by atoms with Crippen LogP contribution in [0.4, 0.5) is 0 Å². The SMILES string of the molecule is CCC1CCCCN1CC(O)CN1CC(C)OC(C)C1. The van der Waals surface area contributed by atoms with Crippen molar-refractivity contribution in [3.05, 3.63) is 0 Å². The minimum absolute atomic E-state index is 0.236. The first-order valence-electron chi connectivity index (χ1n) is 8.38. The van der Waals surface area contributed by atoms with Crippen molar-refractivity contribution in [3.8, 4) is 0 Å². The first-order chi connectivity index (χ1) is 9.58. The second-order valence-electron chi connectivity index (χ2n) is 6.68. The van der Waals surface area contributed by atoms with E-state index in [1.807, 2.05) is 0 Å². The molecule has 1 N–H and O–H groups in total. The number of nitrogens with zero attached hydrogens (tertiary/aromatic N) is 2. The van der Waals surface area contributed by atoms with Gasteiger partial charge >= 0.3 is 0 Å². The molecular formula is C16H32N2O2. The van der Waals surface area contributed by atoms with Crippen LogP contribution in [-0.2, 0) is 4.74 Å². The quantitative estimate of drug-likeness (QED) is 0.834. The number of hydrogen-bond acceptors (Lipinski definition) is 4. The Hall–Kier alpha value is -0.160. The third-order valence-corrected chi connectivity index (χ3v) is 4.63. The molecule has 0 saturated carbocycles. The van der Waals surface area contributed by atoms with E-state index in [4.69, 9.17) is 4.74 Å². The molecule has 0 radical (unpaired) electrons. The summed E-state index contributed by atoms with van der Waals surface area (Å²) in [6.45, 7) is 11.2. The molecule has 2 aliphatic heterocycles. The monoisotopic (exact) mass is 284 g/mol. The third kappa shape index (κ3) is 4.69. The van der Waals surface area contributed by atoms with Crippen LogP contribution in [0.3, 0.4) is 0 Å². The normalized spacial score (nSPS) is 35.1. The molecule has 2 heterocycles. The lowest BCUT2D eigenvalue weighted by molar-refractivity contribution is -0.0790. The first kappa shape index (κ1) is 16.2. The molecule has 4 atom stereocenters. The van der Waals surface area contributed by atoms with E-state index in [0.717, 1.165) is 32.7 Å². The zero-order chi connectivity index (χ0) is 14.5. The fraction of sp³-hybridized carbons (Fsp3) is 1.00. The zero-order valence-electron chi connectivity index (χ0n) is 13.4. The molecular weight excluding hydrogens is 252 g/mol. The maximum Gasteiger partial charge on any atom is 0.0793 e. The van der Waals surface area contributed by atoms with Crippen molar-refractivity contribution in [3.63, 3.8) is 0 Å². The summed E-state index contributed by atoms with van der Waals surface area (Å²) in [5.74, 6) is 0. The second-order valence-corrected chi connectivity index (χ2v) is 6.68. The van der Waals surface area contributed by atoms with Gasteiger partial charge in [-0.2, -0.15) is 0 Å². The Bertz CT molecular complexity index is 278. The molecule has 0 aromatic heterocycles. The van der Waals surface area contributed by atoms with Crippen LogP contribution in [0.2, 0.25) is 0 Å². The summed E-state index contributed by atoms with van der Waals surface area (Å²) in [5.41, 5.74) is 0. The number of morpholine rings is 1. The lowest BCUT2D eigenvalue weighted by atomic mass is 9.99. The topological polar surface area (TPSA) is 35.9 Å². The number of β-amino-alcohol motifs (C(OH)–C–C–N with tert-alkyl or cyclic N) is 1. The van der Waals surface area contributed by atoms with E-state index >= 15 is 0 Å². The minimum Gasteiger partial charge on any atom is -0.390 e. The highest BCUT2D eigenvalue weighted by atomic mass is 16.5. The summed E-state index contributed by atoms with van der Waals surface area (Å²) >= 11 is 0. The fourth-order valence-electron chi connectivity index (χ4n) is 3.82. The Morgan fingerprint density at radius 3 is 2.50 bits per heavy atom. The molecule has 118 valence electrons. The predicted octanol–water partition coefficient (Wildman–Crippen LogP) is 1.72. The van der Waals surface area contributed by atoms with Gasteiger partial charge in [-0.05, 0) is 39.7 Å². The van der Waals surface area contributed by atoms with Gasteiger partial charge in [-0.1, -0.05) is 13.3 Å². The van der Waals surface area contributed by atoms with Gasteiger partial charge in [0, 0.05) is 32.2 Å². The molecule has 2 saturated heterocycles. The summed E-state index contributed by atoms with van der Waals surface area (Å²) in [7, 11) is 0. The van der Waals surface area contributed by atoms with Crippen LogP contribution in [0.5, 0.6) is 0 Å². The van der Waals surface area contributed by atoms with Crippen molar-refractivity contribution in [2.75, 3.05) is 32.7 Å². The number of rotatable bonds is 5. The van der Waals surface area contributed by atoms with Gasteiger partial charge in [0.05, 0.1) is 18.3 Å². The van der Waals surface area contributed by atoms with E-state index in [1.54, 1.807) is 0 Å². The van der Waals surface area contributed by atoms with Gasteiger partial charge in [-0.3, -0.25) is 9.80 Å². The molecule has 2 aliphatic rings. The Morgan fingerprint density at radius 2 is 1.85 bits per heavy atom. The Kier molecular flexibility index (Phi) is 6.27. The average Bonchev–Trinajstić information content (AvgIpc) is 2.37. The summed E-state index contributed by atoms with van der Waals surface area (Å²) in [6, 6.07) is 0.681. The van der Waals surface area contributed by atoms with Crippen molar-refractivity contribution in [2.45, 2.75) is 70.8 Å². The van der Waals surface area contributed by atoms with Crippen LogP contribution in [0.25, 0.3) is 0 Å². The van der Waals surface area contributed by atoms with E-state index in [0.29, 0.717) is 6.04 Å². The number of aliphatic hydroxyl groups is 1. The lowest BCUT2D eigenvalue weighted by Gasteiger charge is -2.39. The second kappa shape index (κ2) is 7.74. The number of likely N-dealkylation sites (tertiary alicyclic amines) is 1. The molecule has 4 nitrogen and oxygen atoms in total. The molecule has 4 unspecified atom stereocenters. The molecule has 2 rings (SSSR count). The van der Waals surface area contributed by atoms with Crippen molar-refractivity contribution in [2.24, 2.45) is 0 Å². The Morgan fingerprint density at radius 1 is 1.15 bits per heavy atom. The molecule has 2 fully saturated rings. The van der Waals surface area contributed by atoms with Crippen molar-refractivity contribution in [1.29, 1.82) is 0 Å². The molecule has 0 bridgehead atoms. The largest absolute Gasteiger partial charge is 0.390 e. The fourth-order valence-corrected chi connectivity index (χ4v) is 3.82. The summed E-state index contributed by atoms with van der Waals surface area (Å²) < 4.78 is 5.75. The maximum atomic E-state index is 10.4. The summed E-state index contributed by atoms with van der Waals surface area (Å²) in [4.78, 5) is 4.86. The van der Waals surface area contributed by atoms with Crippen LogP contribution >= 0.6 is 0 Å². The van der Waals surface area contributed by atoms with Crippen molar-refractivity contribution in [1.82, 2.24) is 9.80 Å². The third-order valence-electron chi connectivity index (χ3n) is 4.63. The van der Waals surface area contributed by atoms with Gasteiger partial charge in [0.2, 0.25) is 0 Å². The van der Waals surface area contributed by atoms with Gasteiger partial charge in [0.15, 0.2) is 0 Å². The van der Waals surface area contributed by atoms with Crippen LogP contribution in [-0.4, -0.2) is 72.0 Å². The number of hydrogen-bond donors (Lipinski definition) is 1. The molecule has 0 amide bonds.